The van der Waals surface area contributed by atoms with Gasteiger partial charge in [-0.25, -0.2) is 10.2 Å². The Balaban J connectivity index is 2.62. The molecule has 1 atom stereocenters. The first-order valence-electron chi connectivity index (χ1n) is 7.16. The number of hydrogen-bond donors (Lipinski definition) is 3. The lowest BCUT2D eigenvalue weighted by Crippen LogP contribution is -2.52. The molecule has 0 saturated carbocycles. The summed E-state index contributed by atoms with van der Waals surface area (Å²) in [6.45, 7) is 1.85. The zero-order valence-corrected chi connectivity index (χ0v) is 13.9. The first kappa shape index (κ1) is 18.8. The van der Waals surface area contributed by atoms with Gasteiger partial charge in [-0.2, -0.15) is 11.8 Å². The van der Waals surface area contributed by atoms with E-state index >= 15 is 0 Å². The van der Waals surface area contributed by atoms with Gasteiger partial charge in [-0.3, -0.25) is 15.0 Å². The van der Waals surface area contributed by atoms with E-state index < -0.39 is 18.0 Å². The van der Waals surface area contributed by atoms with E-state index in [0.717, 1.165) is 0 Å². The van der Waals surface area contributed by atoms with Gasteiger partial charge in [-0.15, -0.1) is 0 Å². The van der Waals surface area contributed by atoms with Crippen LogP contribution in [0.25, 0.3) is 0 Å². The molecule has 126 valence electrons. The maximum atomic E-state index is 12.2. The van der Waals surface area contributed by atoms with Gasteiger partial charge in [-0.05, 0) is 37.5 Å². The first-order chi connectivity index (χ1) is 11.1. The zero-order valence-electron chi connectivity index (χ0n) is 13.1. The standard InChI is InChI=1S/C15H21N3O4S/c1-3-22-15(21)18-17-14(20)12(9-10-23-2)16-13(19)11-7-5-4-6-8-11/h4-8,12H,3,9-10H2,1-2H3,(H,16,19)(H,17,20)(H,18,21). The van der Waals surface area contributed by atoms with Crippen molar-refractivity contribution in [3.8, 4) is 0 Å². The molecule has 0 aliphatic carbocycles. The normalized spacial score (nSPS) is 11.2. The quantitative estimate of drug-likeness (QED) is 0.651. The Labute approximate surface area is 139 Å². The van der Waals surface area contributed by atoms with Crippen LogP contribution in [0, 0.1) is 0 Å². The number of amides is 3. The van der Waals surface area contributed by atoms with Gasteiger partial charge >= 0.3 is 6.09 Å². The average Bonchev–Trinajstić information content (AvgIpc) is 2.57. The van der Waals surface area contributed by atoms with E-state index in [4.69, 9.17) is 0 Å². The summed E-state index contributed by atoms with van der Waals surface area (Å²) in [5, 5.41) is 2.67. The molecule has 0 aliphatic rings. The summed E-state index contributed by atoms with van der Waals surface area (Å²) in [5.74, 6) is -0.161. The van der Waals surface area contributed by atoms with Crippen molar-refractivity contribution in [2.45, 2.75) is 19.4 Å². The summed E-state index contributed by atoms with van der Waals surface area (Å²) >= 11 is 1.56. The number of carbonyl (C=O) groups is 3. The Bertz CT molecular complexity index is 525. The van der Waals surface area contributed by atoms with E-state index in [0.29, 0.717) is 17.7 Å². The van der Waals surface area contributed by atoms with Crippen molar-refractivity contribution in [1.29, 1.82) is 0 Å². The van der Waals surface area contributed by atoms with Crippen LogP contribution in [0.15, 0.2) is 30.3 Å². The number of thioether (sulfide) groups is 1. The number of hydrogen-bond acceptors (Lipinski definition) is 5. The lowest BCUT2D eigenvalue weighted by molar-refractivity contribution is -0.123. The van der Waals surface area contributed by atoms with Crippen molar-refractivity contribution >= 4 is 29.7 Å². The highest BCUT2D eigenvalue weighted by Crippen LogP contribution is 2.04. The molecule has 1 rings (SSSR count). The van der Waals surface area contributed by atoms with Gasteiger partial charge in [0.05, 0.1) is 6.61 Å². The molecule has 0 saturated heterocycles. The first-order valence-corrected chi connectivity index (χ1v) is 8.55. The summed E-state index contributed by atoms with van der Waals surface area (Å²) in [5.41, 5.74) is 4.85. The molecule has 0 bridgehead atoms. The molecule has 23 heavy (non-hydrogen) atoms. The molecule has 0 radical (unpaired) electrons. The molecule has 1 unspecified atom stereocenters. The third-order valence-corrected chi connectivity index (χ3v) is 3.48. The molecular weight excluding hydrogens is 318 g/mol. The molecular formula is C15H21N3O4S. The molecule has 0 fully saturated rings. The van der Waals surface area contributed by atoms with E-state index in [1.54, 1.807) is 49.0 Å². The summed E-state index contributed by atoms with van der Waals surface area (Å²) in [7, 11) is 0. The van der Waals surface area contributed by atoms with E-state index in [2.05, 4.69) is 20.9 Å². The topological polar surface area (TPSA) is 96.5 Å². The van der Waals surface area contributed by atoms with Gasteiger partial charge in [0.2, 0.25) is 0 Å². The van der Waals surface area contributed by atoms with Gasteiger partial charge < -0.3 is 10.1 Å². The SMILES string of the molecule is CCOC(=O)NNC(=O)C(CCSC)NC(=O)c1ccccc1. The van der Waals surface area contributed by atoms with Crippen molar-refractivity contribution in [2.24, 2.45) is 0 Å². The summed E-state index contributed by atoms with van der Waals surface area (Å²) in [6.07, 6.45) is 1.60. The molecule has 0 spiro atoms. The van der Waals surface area contributed by atoms with Crippen molar-refractivity contribution < 1.29 is 19.1 Å². The highest BCUT2D eigenvalue weighted by molar-refractivity contribution is 7.98. The fourth-order valence-electron chi connectivity index (χ4n) is 1.70. The minimum atomic E-state index is -0.753. The molecule has 0 aliphatic heterocycles. The summed E-state index contributed by atoms with van der Waals surface area (Å²) in [6, 6.07) is 7.86. The van der Waals surface area contributed by atoms with Crippen LogP contribution >= 0.6 is 11.8 Å². The molecule has 3 amide bonds. The van der Waals surface area contributed by atoms with Crippen LogP contribution in [0.3, 0.4) is 0 Å². The molecule has 3 N–H and O–H groups in total. The highest BCUT2D eigenvalue weighted by Gasteiger charge is 2.21. The lowest BCUT2D eigenvalue weighted by atomic mass is 10.1. The number of hydrazine groups is 1. The maximum Gasteiger partial charge on any atom is 0.426 e. The second-order valence-corrected chi connectivity index (χ2v) is 5.49. The smallest absolute Gasteiger partial charge is 0.426 e. The number of benzene rings is 1. The van der Waals surface area contributed by atoms with Crippen LogP contribution in [0.5, 0.6) is 0 Å². The fourth-order valence-corrected chi connectivity index (χ4v) is 2.17. The summed E-state index contributed by atoms with van der Waals surface area (Å²) in [4.78, 5) is 35.5. The second-order valence-electron chi connectivity index (χ2n) is 4.51. The van der Waals surface area contributed by atoms with Crippen LogP contribution in [0.1, 0.15) is 23.7 Å². The lowest BCUT2D eigenvalue weighted by Gasteiger charge is -2.18. The predicted molar refractivity (Wildman–Crippen MR) is 89.0 cm³/mol. The Morgan fingerprint density at radius 3 is 2.48 bits per heavy atom. The molecule has 1 aromatic carbocycles. The number of carbonyl (C=O) groups excluding carboxylic acids is 3. The van der Waals surface area contributed by atoms with Gasteiger partial charge in [0.15, 0.2) is 0 Å². The molecule has 1 aromatic rings. The third-order valence-electron chi connectivity index (χ3n) is 2.83. The van der Waals surface area contributed by atoms with E-state index in [1.807, 2.05) is 6.26 Å². The van der Waals surface area contributed by atoms with Gasteiger partial charge in [-0.1, -0.05) is 18.2 Å². The number of ether oxygens (including phenoxy) is 1. The minimum absolute atomic E-state index is 0.197. The predicted octanol–water partition coefficient (Wildman–Crippen LogP) is 1.32. The summed E-state index contributed by atoms with van der Waals surface area (Å²) < 4.78 is 4.65. The Kier molecular flexibility index (Phi) is 8.59. The zero-order chi connectivity index (χ0) is 17.1. The van der Waals surface area contributed by atoms with E-state index in [-0.39, 0.29) is 12.5 Å². The molecule has 8 heteroatoms. The monoisotopic (exact) mass is 339 g/mol. The van der Waals surface area contributed by atoms with Crippen molar-refractivity contribution in [1.82, 2.24) is 16.2 Å². The van der Waals surface area contributed by atoms with Crippen molar-refractivity contribution in [3.05, 3.63) is 35.9 Å². The molecule has 0 heterocycles. The number of nitrogens with one attached hydrogen (secondary N) is 3. The van der Waals surface area contributed by atoms with Crippen LogP contribution in [0.2, 0.25) is 0 Å². The van der Waals surface area contributed by atoms with Crippen LogP contribution < -0.4 is 16.2 Å². The Hall–Kier alpha value is -2.22. The average molecular weight is 339 g/mol. The minimum Gasteiger partial charge on any atom is -0.449 e. The van der Waals surface area contributed by atoms with Gasteiger partial charge in [0, 0.05) is 5.56 Å². The van der Waals surface area contributed by atoms with Crippen LogP contribution in [0.4, 0.5) is 4.79 Å². The maximum absolute atomic E-state index is 12.2. The van der Waals surface area contributed by atoms with E-state index in [9.17, 15) is 14.4 Å². The van der Waals surface area contributed by atoms with Crippen LogP contribution in [-0.4, -0.2) is 42.6 Å². The Morgan fingerprint density at radius 2 is 1.87 bits per heavy atom. The fraction of sp³-hybridized carbons (Fsp3) is 0.400. The van der Waals surface area contributed by atoms with Crippen molar-refractivity contribution in [2.75, 3.05) is 18.6 Å². The van der Waals surface area contributed by atoms with Crippen LogP contribution in [-0.2, 0) is 9.53 Å². The molecule has 0 aromatic heterocycles. The number of rotatable bonds is 7. The van der Waals surface area contributed by atoms with Crippen molar-refractivity contribution in [3.63, 3.8) is 0 Å². The second kappa shape index (κ2) is 10.5. The molecule has 7 nitrogen and oxygen atoms in total. The van der Waals surface area contributed by atoms with Gasteiger partial charge in [0.1, 0.15) is 6.04 Å². The highest BCUT2D eigenvalue weighted by atomic mass is 32.2. The largest absolute Gasteiger partial charge is 0.449 e. The Morgan fingerprint density at radius 1 is 1.17 bits per heavy atom. The van der Waals surface area contributed by atoms with E-state index in [1.165, 1.54) is 0 Å². The van der Waals surface area contributed by atoms with Gasteiger partial charge in [0.25, 0.3) is 11.8 Å². The third kappa shape index (κ3) is 7.05.